The fraction of sp³-hybridized carbons (Fsp3) is 0.571. The van der Waals surface area contributed by atoms with E-state index in [0.29, 0.717) is 12.1 Å². The van der Waals surface area contributed by atoms with Gasteiger partial charge in [0.2, 0.25) is 0 Å². The highest BCUT2D eigenvalue weighted by Crippen LogP contribution is 2.18. The van der Waals surface area contributed by atoms with Crippen LogP contribution in [-0.2, 0) is 6.42 Å². The van der Waals surface area contributed by atoms with E-state index in [1.54, 1.807) is 13.8 Å². The molecule has 0 aliphatic heterocycles. The number of hydrogen-bond acceptors (Lipinski definition) is 4. The highest BCUT2D eigenvalue weighted by molar-refractivity contribution is 5.32. The third kappa shape index (κ3) is 2.51. The lowest BCUT2D eigenvalue weighted by molar-refractivity contribution is -0.385. The van der Waals surface area contributed by atoms with Crippen molar-refractivity contribution in [2.45, 2.75) is 25.8 Å². The third-order valence-electron chi connectivity index (χ3n) is 1.52. The van der Waals surface area contributed by atoms with E-state index in [-0.39, 0.29) is 5.69 Å². The molecular weight excluding hydrogens is 172 g/mol. The lowest BCUT2D eigenvalue weighted by Gasteiger charge is -2.16. The zero-order valence-electron chi connectivity index (χ0n) is 7.57. The van der Waals surface area contributed by atoms with Crippen molar-refractivity contribution in [1.82, 2.24) is 10.2 Å². The van der Waals surface area contributed by atoms with Crippen molar-refractivity contribution in [2.24, 2.45) is 5.73 Å². The fourth-order valence-corrected chi connectivity index (χ4v) is 1.05. The highest BCUT2D eigenvalue weighted by atomic mass is 16.6. The predicted octanol–water partition coefficient (Wildman–Crippen LogP) is 0.598. The summed E-state index contributed by atoms with van der Waals surface area (Å²) in [6.07, 6.45) is 1.60. The van der Waals surface area contributed by atoms with Crippen LogP contribution in [-0.4, -0.2) is 20.7 Å². The van der Waals surface area contributed by atoms with Gasteiger partial charge in [0.05, 0.1) is 4.92 Å². The Morgan fingerprint density at radius 3 is 2.85 bits per heavy atom. The Bertz CT molecular complexity index is 313. The molecule has 1 aromatic heterocycles. The first-order valence-corrected chi connectivity index (χ1v) is 3.86. The molecule has 0 radical (unpaired) electrons. The van der Waals surface area contributed by atoms with Gasteiger partial charge in [0.25, 0.3) is 0 Å². The van der Waals surface area contributed by atoms with Crippen LogP contribution < -0.4 is 5.73 Å². The number of nitrogens with one attached hydrogen (secondary N) is 1. The molecule has 1 heterocycles. The van der Waals surface area contributed by atoms with Crippen molar-refractivity contribution < 1.29 is 4.92 Å². The molecule has 0 amide bonds. The Morgan fingerprint density at radius 1 is 1.77 bits per heavy atom. The highest BCUT2D eigenvalue weighted by Gasteiger charge is 2.21. The number of hydrogen-bond donors (Lipinski definition) is 2. The van der Waals surface area contributed by atoms with Gasteiger partial charge in [0, 0.05) is 12.0 Å². The monoisotopic (exact) mass is 184 g/mol. The van der Waals surface area contributed by atoms with Crippen molar-refractivity contribution >= 4 is 5.69 Å². The number of nitrogens with zero attached hydrogens (tertiary/aromatic N) is 2. The van der Waals surface area contributed by atoms with Gasteiger partial charge < -0.3 is 5.73 Å². The molecular formula is C7H12N4O2. The van der Waals surface area contributed by atoms with Crippen LogP contribution in [0.3, 0.4) is 0 Å². The Labute approximate surface area is 75.3 Å². The van der Waals surface area contributed by atoms with Gasteiger partial charge in [-0.1, -0.05) is 0 Å². The van der Waals surface area contributed by atoms with Crippen LogP contribution in [0.1, 0.15) is 19.5 Å². The predicted molar refractivity (Wildman–Crippen MR) is 47.2 cm³/mol. The minimum Gasteiger partial charge on any atom is -0.325 e. The minimum atomic E-state index is -0.475. The average Bonchev–Trinajstić information content (AvgIpc) is 2.31. The maximum absolute atomic E-state index is 10.5. The first-order chi connectivity index (χ1) is 5.90. The molecule has 13 heavy (non-hydrogen) atoms. The number of nitrogens with two attached hydrogens (primary N) is 1. The second-order valence-corrected chi connectivity index (χ2v) is 3.66. The van der Waals surface area contributed by atoms with Crippen LogP contribution in [0, 0.1) is 10.1 Å². The van der Waals surface area contributed by atoms with Crippen molar-refractivity contribution in [3.63, 3.8) is 0 Å². The summed E-state index contributed by atoms with van der Waals surface area (Å²) in [6.45, 7) is 3.61. The standard InChI is InChI=1S/C7H12N4O2/c1-7(2,8)3-5-6(11(12)13)4-9-10-5/h4H,3,8H2,1-2H3,(H,9,10). The summed E-state index contributed by atoms with van der Waals surface area (Å²) in [6, 6.07) is 0. The summed E-state index contributed by atoms with van der Waals surface area (Å²) in [4.78, 5) is 10.0. The van der Waals surface area contributed by atoms with Crippen molar-refractivity contribution in [3.8, 4) is 0 Å². The topological polar surface area (TPSA) is 97.8 Å². The number of H-pyrrole nitrogens is 1. The molecule has 1 aromatic rings. The molecule has 6 heteroatoms. The second-order valence-electron chi connectivity index (χ2n) is 3.66. The lowest BCUT2D eigenvalue weighted by atomic mass is 10.00. The maximum Gasteiger partial charge on any atom is 0.309 e. The van der Waals surface area contributed by atoms with Crippen molar-refractivity contribution in [3.05, 3.63) is 22.0 Å². The summed E-state index contributed by atoms with van der Waals surface area (Å²) in [5.41, 5.74) is 5.72. The number of aromatic amines is 1. The van der Waals surface area contributed by atoms with Gasteiger partial charge in [0.15, 0.2) is 0 Å². The lowest BCUT2D eigenvalue weighted by Crippen LogP contribution is -2.34. The van der Waals surface area contributed by atoms with Crippen LogP contribution >= 0.6 is 0 Å². The average molecular weight is 184 g/mol. The molecule has 6 nitrogen and oxygen atoms in total. The van der Waals surface area contributed by atoms with E-state index in [1.807, 2.05) is 0 Å². The van der Waals surface area contributed by atoms with E-state index in [9.17, 15) is 10.1 Å². The first-order valence-electron chi connectivity index (χ1n) is 3.86. The first kappa shape index (κ1) is 9.66. The van der Waals surface area contributed by atoms with Crippen LogP contribution in [0.4, 0.5) is 5.69 Å². The van der Waals surface area contributed by atoms with E-state index in [2.05, 4.69) is 10.2 Å². The van der Waals surface area contributed by atoms with Crippen LogP contribution in [0.15, 0.2) is 6.20 Å². The van der Waals surface area contributed by atoms with Gasteiger partial charge in [-0.05, 0) is 13.8 Å². The molecule has 0 atom stereocenters. The molecule has 0 saturated carbocycles. The molecule has 0 aliphatic rings. The van der Waals surface area contributed by atoms with Crippen LogP contribution in [0.25, 0.3) is 0 Å². The molecule has 1 rings (SSSR count). The molecule has 0 aromatic carbocycles. The molecule has 0 aliphatic carbocycles. The third-order valence-corrected chi connectivity index (χ3v) is 1.52. The van der Waals surface area contributed by atoms with Crippen LogP contribution in [0.5, 0.6) is 0 Å². The maximum atomic E-state index is 10.5. The smallest absolute Gasteiger partial charge is 0.309 e. The Morgan fingerprint density at radius 2 is 2.38 bits per heavy atom. The molecule has 0 spiro atoms. The SMILES string of the molecule is CC(C)(N)Cc1[nH]ncc1[N+](=O)[O-]. The van der Waals surface area contributed by atoms with E-state index < -0.39 is 10.5 Å². The Hall–Kier alpha value is -1.43. The number of rotatable bonds is 3. The Balaban J connectivity index is 2.89. The summed E-state index contributed by atoms with van der Waals surface area (Å²) in [5, 5.41) is 16.7. The molecule has 0 unspecified atom stereocenters. The van der Waals surface area contributed by atoms with Gasteiger partial charge in [-0.15, -0.1) is 0 Å². The normalized spacial score (nSPS) is 11.6. The van der Waals surface area contributed by atoms with Crippen molar-refractivity contribution in [1.29, 1.82) is 0 Å². The minimum absolute atomic E-state index is 0.00137. The fourth-order valence-electron chi connectivity index (χ4n) is 1.05. The molecule has 0 bridgehead atoms. The molecule has 72 valence electrons. The summed E-state index contributed by atoms with van der Waals surface area (Å²) >= 11 is 0. The molecule has 0 fully saturated rings. The van der Waals surface area contributed by atoms with Gasteiger partial charge >= 0.3 is 5.69 Å². The van der Waals surface area contributed by atoms with Crippen LogP contribution in [0.2, 0.25) is 0 Å². The van der Waals surface area contributed by atoms with E-state index in [1.165, 1.54) is 6.20 Å². The summed E-state index contributed by atoms with van der Waals surface area (Å²) in [7, 11) is 0. The molecule has 0 saturated heterocycles. The largest absolute Gasteiger partial charge is 0.325 e. The van der Waals surface area contributed by atoms with Gasteiger partial charge in [0.1, 0.15) is 11.9 Å². The Kier molecular flexibility index (Phi) is 2.33. The summed E-state index contributed by atoms with van der Waals surface area (Å²) in [5.74, 6) is 0. The van der Waals surface area contributed by atoms with Crippen molar-refractivity contribution in [2.75, 3.05) is 0 Å². The van der Waals surface area contributed by atoms with Gasteiger partial charge in [-0.2, -0.15) is 5.10 Å². The van der Waals surface area contributed by atoms with Gasteiger partial charge in [-0.25, -0.2) is 0 Å². The quantitative estimate of drug-likeness (QED) is 0.530. The number of nitro groups is 1. The van der Waals surface area contributed by atoms with E-state index >= 15 is 0 Å². The number of aromatic nitrogens is 2. The van der Waals surface area contributed by atoms with E-state index in [4.69, 9.17) is 5.73 Å². The summed E-state index contributed by atoms with van der Waals surface area (Å²) < 4.78 is 0. The molecule has 3 N–H and O–H groups in total. The second kappa shape index (κ2) is 3.14. The zero-order chi connectivity index (χ0) is 10.1. The zero-order valence-corrected chi connectivity index (χ0v) is 7.57. The van der Waals surface area contributed by atoms with E-state index in [0.717, 1.165) is 0 Å². The van der Waals surface area contributed by atoms with Gasteiger partial charge in [-0.3, -0.25) is 15.2 Å².